The van der Waals surface area contributed by atoms with Gasteiger partial charge in [0.05, 0.1) is 19.8 Å². The maximum Gasteiger partial charge on any atom is 0.508 e. The molecule has 0 aliphatic carbocycles. The first-order valence-electron chi connectivity index (χ1n) is 9.42. The number of hydrogen-bond acceptors (Lipinski definition) is 5. The minimum Gasteiger partial charge on any atom is -0.434 e. The van der Waals surface area contributed by atoms with Gasteiger partial charge in [0.25, 0.3) is 0 Å². The third-order valence-electron chi connectivity index (χ3n) is 3.72. The molecular formula is C18H37NO4. The Morgan fingerprint density at radius 1 is 0.783 bits per heavy atom. The van der Waals surface area contributed by atoms with Crippen LogP contribution in [-0.4, -0.2) is 44.2 Å². The molecule has 0 heterocycles. The van der Waals surface area contributed by atoms with Crippen LogP contribution < -0.4 is 5.32 Å². The highest BCUT2D eigenvalue weighted by molar-refractivity contribution is 5.59. The number of hydrogen-bond donors (Lipinski definition) is 2. The van der Waals surface area contributed by atoms with E-state index in [2.05, 4.69) is 12.2 Å². The van der Waals surface area contributed by atoms with Gasteiger partial charge >= 0.3 is 6.16 Å². The van der Waals surface area contributed by atoms with Crippen molar-refractivity contribution in [2.24, 2.45) is 0 Å². The van der Waals surface area contributed by atoms with Gasteiger partial charge in [0, 0.05) is 6.54 Å². The molecule has 138 valence electrons. The second kappa shape index (κ2) is 19.2. The van der Waals surface area contributed by atoms with Gasteiger partial charge in [-0.1, -0.05) is 58.3 Å². The fourth-order valence-electron chi connectivity index (χ4n) is 2.32. The maximum absolute atomic E-state index is 11.3. The molecule has 0 aromatic carbocycles. The zero-order valence-electron chi connectivity index (χ0n) is 15.0. The minimum atomic E-state index is -0.527. The molecule has 0 rings (SSSR count). The van der Waals surface area contributed by atoms with Crippen molar-refractivity contribution in [2.75, 3.05) is 32.9 Å². The highest BCUT2D eigenvalue weighted by Crippen LogP contribution is 2.07. The molecule has 0 atom stereocenters. The normalized spacial score (nSPS) is 10.7. The molecule has 0 aliphatic heterocycles. The summed E-state index contributed by atoms with van der Waals surface area (Å²) in [6, 6.07) is 0. The summed E-state index contributed by atoms with van der Waals surface area (Å²) in [4.78, 5) is 11.3. The van der Waals surface area contributed by atoms with Crippen LogP contribution in [0.1, 0.15) is 77.6 Å². The van der Waals surface area contributed by atoms with E-state index in [0.717, 1.165) is 45.1 Å². The monoisotopic (exact) mass is 331 g/mol. The predicted octanol–water partition coefficient (Wildman–Crippen LogP) is 4.03. The summed E-state index contributed by atoms with van der Waals surface area (Å²) in [5, 5.41) is 11.7. The molecule has 0 saturated carbocycles. The highest BCUT2D eigenvalue weighted by Gasteiger charge is 2.02. The summed E-state index contributed by atoms with van der Waals surface area (Å²) in [7, 11) is 0. The zero-order valence-corrected chi connectivity index (χ0v) is 15.0. The van der Waals surface area contributed by atoms with E-state index in [1.165, 1.54) is 32.1 Å². The van der Waals surface area contributed by atoms with Crippen LogP contribution in [0.2, 0.25) is 0 Å². The van der Waals surface area contributed by atoms with Crippen molar-refractivity contribution in [3.63, 3.8) is 0 Å². The first-order valence-corrected chi connectivity index (χ1v) is 9.42. The van der Waals surface area contributed by atoms with Gasteiger partial charge in [-0.3, -0.25) is 0 Å². The Balaban J connectivity index is 3.13. The molecule has 0 spiro atoms. The highest BCUT2D eigenvalue weighted by atomic mass is 16.7. The average molecular weight is 331 g/mol. The predicted molar refractivity (Wildman–Crippen MR) is 93.7 cm³/mol. The van der Waals surface area contributed by atoms with Gasteiger partial charge in [0.1, 0.15) is 0 Å². The summed E-state index contributed by atoms with van der Waals surface area (Å²) in [5.41, 5.74) is 0. The summed E-state index contributed by atoms with van der Waals surface area (Å²) in [6.07, 6.45) is 12.1. The number of carbonyl (C=O) groups excluding carboxylic acids is 1. The Bertz CT molecular complexity index is 249. The summed E-state index contributed by atoms with van der Waals surface area (Å²) >= 11 is 0. The van der Waals surface area contributed by atoms with E-state index in [-0.39, 0.29) is 6.61 Å². The molecular weight excluding hydrogens is 294 g/mol. The Hall–Kier alpha value is -0.810. The SMILES string of the molecule is CCCCCCCCCOC(=O)OCCCCCCNCCO. The number of aliphatic hydroxyl groups is 1. The van der Waals surface area contributed by atoms with Crippen LogP contribution in [0.4, 0.5) is 4.79 Å². The van der Waals surface area contributed by atoms with E-state index < -0.39 is 6.16 Å². The number of carbonyl (C=O) groups is 1. The molecule has 0 aromatic rings. The van der Waals surface area contributed by atoms with Gasteiger partial charge in [-0.25, -0.2) is 4.79 Å². The van der Waals surface area contributed by atoms with Crippen molar-refractivity contribution in [3.05, 3.63) is 0 Å². The lowest BCUT2D eigenvalue weighted by Crippen LogP contribution is -2.19. The third-order valence-corrected chi connectivity index (χ3v) is 3.72. The largest absolute Gasteiger partial charge is 0.508 e. The van der Waals surface area contributed by atoms with E-state index in [9.17, 15) is 4.79 Å². The third kappa shape index (κ3) is 19.1. The van der Waals surface area contributed by atoms with Crippen molar-refractivity contribution in [1.29, 1.82) is 0 Å². The number of ether oxygens (including phenoxy) is 2. The molecule has 0 fully saturated rings. The Morgan fingerprint density at radius 3 is 1.87 bits per heavy atom. The quantitative estimate of drug-likeness (QED) is 0.311. The molecule has 0 unspecified atom stereocenters. The van der Waals surface area contributed by atoms with E-state index >= 15 is 0 Å². The Labute approximate surface area is 142 Å². The zero-order chi connectivity index (χ0) is 17.0. The van der Waals surface area contributed by atoms with Gasteiger partial charge in [0.15, 0.2) is 0 Å². The van der Waals surface area contributed by atoms with Gasteiger partial charge in [0.2, 0.25) is 0 Å². The Kier molecular flexibility index (Phi) is 18.6. The molecule has 5 nitrogen and oxygen atoms in total. The molecule has 5 heteroatoms. The van der Waals surface area contributed by atoms with Crippen LogP contribution in [0, 0.1) is 0 Å². The first-order chi connectivity index (χ1) is 11.3. The second-order valence-corrected chi connectivity index (χ2v) is 5.96. The van der Waals surface area contributed by atoms with Crippen LogP contribution in [0.15, 0.2) is 0 Å². The lowest BCUT2D eigenvalue weighted by Gasteiger charge is -2.06. The minimum absolute atomic E-state index is 0.189. The van der Waals surface area contributed by atoms with Gasteiger partial charge in [-0.15, -0.1) is 0 Å². The van der Waals surface area contributed by atoms with Crippen LogP contribution in [-0.2, 0) is 9.47 Å². The van der Waals surface area contributed by atoms with E-state index in [0.29, 0.717) is 19.8 Å². The molecule has 2 N–H and O–H groups in total. The van der Waals surface area contributed by atoms with Crippen molar-refractivity contribution in [3.8, 4) is 0 Å². The molecule has 0 bridgehead atoms. The second-order valence-electron chi connectivity index (χ2n) is 5.96. The number of aliphatic hydroxyl groups excluding tert-OH is 1. The molecule has 0 amide bonds. The van der Waals surface area contributed by atoms with Crippen LogP contribution in [0.5, 0.6) is 0 Å². The fraction of sp³-hybridized carbons (Fsp3) is 0.944. The first kappa shape index (κ1) is 22.2. The fourth-order valence-corrected chi connectivity index (χ4v) is 2.32. The smallest absolute Gasteiger partial charge is 0.434 e. The molecule has 0 aliphatic rings. The van der Waals surface area contributed by atoms with Crippen LogP contribution in [0.25, 0.3) is 0 Å². The Morgan fingerprint density at radius 2 is 1.30 bits per heavy atom. The summed E-state index contributed by atoms with van der Waals surface area (Å²) < 4.78 is 10.1. The van der Waals surface area contributed by atoms with Crippen molar-refractivity contribution in [1.82, 2.24) is 5.32 Å². The van der Waals surface area contributed by atoms with Gasteiger partial charge in [-0.2, -0.15) is 0 Å². The molecule has 23 heavy (non-hydrogen) atoms. The lowest BCUT2D eigenvalue weighted by molar-refractivity contribution is 0.0529. The van der Waals surface area contributed by atoms with Gasteiger partial charge < -0.3 is 19.9 Å². The number of unbranched alkanes of at least 4 members (excludes halogenated alkanes) is 9. The van der Waals surface area contributed by atoms with Crippen LogP contribution >= 0.6 is 0 Å². The molecule has 0 aromatic heterocycles. The van der Waals surface area contributed by atoms with Crippen molar-refractivity contribution < 1.29 is 19.4 Å². The van der Waals surface area contributed by atoms with E-state index in [1.54, 1.807) is 0 Å². The maximum atomic E-state index is 11.3. The van der Waals surface area contributed by atoms with Crippen molar-refractivity contribution >= 4 is 6.16 Å². The molecule has 0 radical (unpaired) electrons. The van der Waals surface area contributed by atoms with Crippen LogP contribution in [0.3, 0.4) is 0 Å². The van der Waals surface area contributed by atoms with E-state index in [1.807, 2.05) is 0 Å². The van der Waals surface area contributed by atoms with Gasteiger partial charge in [-0.05, 0) is 25.8 Å². The lowest BCUT2D eigenvalue weighted by atomic mass is 10.1. The standard InChI is InChI=1S/C18H37NO4/c1-2-3-4-5-6-8-11-16-22-18(21)23-17-12-9-7-10-13-19-14-15-20/h19-20H,2-17H2,1H3. The van der Waals surface area contributed by atoms with Crippen molar-refractivity contribution in [2.45, 2.75) is 77.6 Å². The number of nitrogens with one attached hydrogen (secondary N) is 1. The molecule has 0 saturated heterocycles. The summed E-state index contributed by atoms with van der Waals surface area (Å²) in [5.74, 6) is 0. The summed E-state index contributed by atoms with van der Waals surface area (Å²) in [6.45, 7) is 4.92. The average Bonchev–Trinajstić information content (AvgIpc) is 2.56. The van der Waals surface area contributed by atoms with E-state index in [4.69, 9.17) is 14.6 Å². The topological polar surface area (TPSA) is 67.8 Å². The number of rotatable bonds is 17.